The van der Waals surface area contributed by atoms with E-state index in [1.165, 1.54) is 12.8 Å². The number of hydrogen-bond acceptors (Lipinski definition) is 4. The van der Waals surface area contributed by atoms with E-state index in [0.29, 0.717) is 18.2 Å². The summed E-state index contributed by atoms with van der Waals surface area (Å²) in [5.74, 6) is 2.53. The van der Waals surface area contributed by atoms with Crippen LogP contribution in [0, 0.1) is 11.8 Å². The number of guanidine groups is 1. The highest BCUT2D eigenvalue weighted by molar-refractivity contribution is 14.0. The third-order valence-corrected chi connectivity index (χ3v) is 6.15. The third-order valence-electron chi connectivity index (χ3n) is 6.15. The van der Waals surface area contributed by atoms with Crippen molar-refractivity contribution in [2.45, 2.75) is 38.0 Å². The lowest BCUT2D eigenvalue weighted by Crippen LogP contribution is -2.48. The predicted molar refractivity (Wildman–Crippen MR) is 105 cm³/mol. The Morgan fingerprint density at radius 2 is 1.92 bits per heavy atom. The molecule has 4 aliphatic rings. The molecule has 7 heteroatoms. The Morgan fingerprint density at radius 3 is 2.54 bits per heavy atom. The van der Waals surface area contributed by atoms with Gasteiger partial charge in [0.2, 0.25) is 0 Å². The fraction of sp³-hybridized carbons (Fsp3) is 0.941. The number of aliphatic imine (C=N–C) groups is 1. The fourth-order valence-electron chi connectivity index (χ4n) is 4.87. The largest absolute Gasteiger partial charge is 0.379 e. The minimum Gasteiger partial charge on any atom is -0.379 e. The number of nitrogens with zero attached hydrogens (tertiary/aromatic N) is 3. The smallest absolute Gasteiger partial charge is 0.193 e. The van der Waals surface area contributed by atoms with Gasteiger partial charge in [-0.05, 0) is 19.8 Å². The van der Waals surface area contributed by atoms with Gasteiger partial charge in [-0.2, -0.15) is 0 Å². The highest BCUT2D eigenvalue weighted by Gasteiger charge is 2.53. The van der Waals surface area contributed by atoms with Gasteiger partial charge in [-0.25, -0.2) is 0 Å². The molecule has 0 spiro atoms. The molecular formula is C17H31IN4O2. The highest BCUT2D eigenvalue weighted by atomic mass is 127. The summed E-state index contributed by atoms with van der Waals surface area (Å²) in [6, 6.07) is 0.520. The highest BCUT2D eigenvalue weighted by Crippen LogP contribution is 2.47. The Bertz CT molecular complexity index is 446. The van der Waals surface area contributed by atoms with E-state index in [1.54, 1.807) is 0 Å². The van der Waals surface area contributed by atoms with E-state index in [4.69, 9.17) is 9.47 Å². The van der Waals surface area contributed by atoms with Crippen LogP contribution in [0.1, 0.15) is 19.8 Å². The second-order valence-electron chi connectivity index (χ2n) is 7.46. The van der Waals surface area contributed by atoms with E-state index >= 15 is 0 Å². The molecule has 0 aromatic rings. The molecule has 2 bridgehead atoms. The Morgan fingerprint density at radius 1 is 1.21 bits per heavy atom. The molecule has 5 atom stereocenters. The summed E-state index contributed by atoms with van der Waals surface area (Å²) in [6.07, 6.45) is 3.56. The van der Waals surface area contributed by atoms with Crippen LogP contribution in [0.5, 0.6) is 0 Å². The normalized spacial score (nSPS) is 39.0. The van der Waals surface area contributed by atoms with E-state index in [1.807, 2.05) is 7.05 Å². The zero-order valence-electron chi connectivity index (χ0n) is 14.8. The monoisotopic (exact) mass is 450 g/mol. The van der Waals surface area contributed by atoms with Crippen LogP contribution in [-0.4, -0.2) is 87.0 Å². The van der Waals surface area contributed by atoms with Crippen molar-refractivity contribution in [3.63, 3.8) is 0 Å². The molecule has 4 saturated heterocycles. The van der Waals surface area contributed by atoms with Crippen molar-refractivity contribution >= 4 is 29.9 Å². The minimum absolute atomic E-state index is 0. The molecule has 4 rings (SSSR count). The lowest BCUT2D eigenvalue weighted by atomic mass is 9.82. The van der Waals surface area contributed by atoms with Crippen LogP contribution < -0.4 is 5.32 Å². The van der Waals surface area contributed by atoms with Crippen molar-refractivity contribution in [1.29, 1.82) is 0 Å². The molecule has 0 amide bonds. The summed E-state index contributed by atoms with van der Waals surface area (Å²) < 4.78 is 11.6. The second kappa shape index (κ2) is 8.05. The number of likely N-dealkylation sites (tertiary alicyclic amines) is 1. The lowest BCUT2D eigenvalue weighted by Gasteiger charge is -2.33. The van der Waals surface area contributed by atoms with E-state index in [9.17, 15) is 0 Å². The average molecular weight is 450 g/mol. The maximum atomic E-state index is 6.07. The summed E-state index contributed by atoms with van der Waals surface area (Å²) in [5, 5.41) is 3.57. The van der Waals surface area contributed by atoms with Crippen molar-refractivity contribution < 1.29 is 9.47 Å². The Hall–Kier alpha value is -0.120. The van der Waals surface area contributed by atoms with Gasteiger partial charge in [0, 0.05) is 57.6 Å². The number of halogens is 1. The second-order valence-corrected chi connectivity index (χ2v) is 7.46. The van der Waals surface area contributed by atoms with Gasteiger partial charge in [0.05, 0.1) is 25.4 Å². The van der Waals surface area contributed by atoms with Gasteiger partial charge >= 0.3 is 0 Å². The minimum atomic E-state index is 0. The van der Waals surface area contributed by atoms with E-state index in [-0.39, 0.29) is 24.0 Å². The SMILES string of the molecule is CN=C(NCCN1CCOCC1C)N1CC2C3CCC(O3)C2C1.I. The first-order chi connectivity index (χ1) is 11.3. The van der Waals surface area contributed by atoms with Gasteiger partial charge < -0.3 is 19.7 Å². The number of fused-ring (bicyclic) bond motifs is 5. The summed E-state index contributed by atoms with van der Waals surface area (Å²) >= 11 is 0. The number of nitrogens with one attached hydrogen (secondary N) is 1. The van der Waals surface area contributed by atoms with E-state index in [2.05, 4.69) is 27.0 Å². The maximum Gasteiger partial charge on any atom is 0.193 e. The number of rotatable bonds is 3. The summed E-state index contributed by atoms with van der Waals surface area (Å²) in [5.41, 5.74) is 0. The molecule has 0 aliphatic carbocycles. The molecule has 5 unspecified atom stereocenters. The topological polar surface area (TPSA) is 49.3 Å². The number of hydrogen-bond donors (Lipinski definition) is 1. The molecule has 1 N–H and O–H groups in total. The van der Waals surface area contributed by atoms with Crippen molar-refractivity contribution in [2.24, 2.45) is 16.8 Å². The van der Waals surface area contributed by atoms with Gasteiger partial charge in [0.25, 0.3) is 0 Å². The molecule has 4 aliphatic heterocycles. The molecule has 4 fully saturated rings. The van der Waals surface area contributed by atoms with Crippen LogP contribution >= 0.6 is 24.0 Å². The van der Waals surface area contributed by atoms with Crippen LogP contribution in [-0.2, 0) is 9.47 Å². The number of morpholine rings is 1. The molecule has 0 saturated carbocycles. The van der Waals surface area contributed by atoms with Gasteiger partial charge in [0.15, 0.2) is 5.96 Å². The van der Waals surface area contributed by atoms with Crippen LogP contribution in [0.15, 0.2) is 4.99 Å². The molecule has 0 aromatic heterocycles. The molecule has 138 valence electrons. The van der Waals surface area contributed by atoms with E-state index < -0.39 is 0 Å². The summed E-state index contributed by atoms with van der Waals surface area (Å²) in [6.45, 7) is 9.22. The number of ether oxygens (including phenoxy) is 2. The molecule has 0 aromatic carbocycles. The Kier molecular flexibility index (Phi) is 6.26. The maximum absolute atomic E-state index is 6.07. The van der Waals surface area contributed by atoms with Gasteiger partial charge in [-0.3, -0.25) is 9.89 Å². The Balaban J connectivity index is 0.00000169. The average Bonchev–Trinajstić information content (AvgIpc) is 3.25. The predicted octanol–water partition coefficient (Wildman–Crippen LogP) is 1.01. The van der Waals surface area contributed by atoms with Gasteiger partial charge in [0.1, 0.15) is 0 Å². The molecule has 24 heavy (non-hydrogen) atoms. The molecular weight excluding hydrogens is 419 g/mol. The standard InChI is InChI=1S/C17H30N4O2.HI/c1-12-11-22-8-7-20(12)6-5-19-17(18-2)21-9-13-14(10-21)16-4-3-15(13)23-16;/h12-16H,3-11H2,1-2H3,(H,18,19);1H. The van der Waals surface area contributed by atoms with Crippen molar-refractivity contribution in [2.75, 3.05) is 53.0 Å². The van der Waals surface area contributed by atoms with Gasteiger partial charge in [-0.1, -0.05) is 0 Å². The molecule has 4 heterocycles. The van der Waals surface area contributed by atoms with Crippen LogP contribution in [0.4, 0.5) is 0 Å². The summed E-state index contributed by atoms with van der Waals surface area (Å²) in [7, 11) is 1.90. The van der Waals surface area contributed by atoms with Crippen LogP contribution in [0.3, 0.4) is 0 Å². The van der Waals surface area contributed by atoms with Crippen molar-refractivity contribution in [3.05, 3.63) is 0 Å². The fourth-order valence-corrected chi connectivity index (χ4v) is 4.87. The first kappa shape index (κ1) is 18.7. The first-order valence-electron chi connectivity index (χ1n) is 9.19. The lowest BCUT2D eigenvalue weighted by molar-refractivity contribution is 0.000821. The summed E-state index contributed by atoms with van der Waals surface area (Å²) in [4.78, 5) is 9.46. The van der Waals surface area contributed by atoms with Crippen molar-refractivity contribution in [1.82, 2.24) is 15.1 Å². The quantitative estimate of drug-likeness (QED) is 0.395. The Labute approximate surface area is 162 Å². The zero-order valence-corrected chi connectivity index (χ0v) is 17.1. The van der Waals surface area contributed by atoms with E-state index in [0.717, 1.165) is 63.7 Å². The van der Waals surface area contributed by atoms with Crippen LogP contribution in [0.25, 0.3) is 0 Å². The van der Waals surface area contributed by atoms with Crippen LogP contribution in [0.2, 0.25) is 0 Å². The van der Waals surface area contributed by atoms with Crippen molar-refractivity contribution in [3.8, 4) is 0 Å². The third kappa shape index (κ3) is 3.54. The van der Waals surface area contributed by atoms with Gasteiger partial charge in [-0.15, -0.1) is 24.0 Å². The molecule has 6 nitrogen and oxygen atoms in total. The zero-order chi connectivity index (χ0) is 15.8. The first-order valence-corrected chi connectivity index (χ1v) is 9.19. The molecule has 0 radical (unpaired) electrons.